The summed E-state index contributed by atoms with van der Waals surface area (Å²) in [6.45, 7) is 3.78. The minimum atomic E-state index is -4.60. The van der Waals surface area contributed by atoms with Crippen LogP contribution >= 0.6 is 0 Å². The van der Waals surface area contributed by atoms with Crippen LogP contribution in [-0.4, -0.2) is 96.0 Å². The third-order valence-corrected chi connectivity index (χ3v) is 12.3. The number of carbonyl (C=O) groups is 2. The molecule has 1 saturated heterocycles. The second-order valence-electron chi connectivity index (χ2n) is 17.5. The first-order chi connectivity index (χ1) is 29.5. The lowest BCUT2D eigenvalue weighted by Gasteiger charge is -2.40. The molecule has 0 aromatic heterocycles. The molecule has 13 heteroatoms. The molecule has 61 heavy (non-hydrogen) atoms. The molecule has 1 rings (SSSR count). The number of esters is 2. The van der Waals surface area contributed by atoms with Gasteiger partial charge in [-0.05, 0) is 38.5 Å². The zero-order valence-corrected chi connectivity index (χ0v) is 39.4. The molecule has 0 aromatic carbocycles. The SMILES string of the molecule is CCCCCC/C=C/CCCCCCCCCC(=O)OC[C@H](CO[C@H]1O[C@H](CS(=O)(=O)O)[C@@H](O)C(O)C1O)OC(=O)CCCCCCCCCCCCCCCCCCCC. The van der Waals surface area contributed by atoms with E-state index in [9.17, 15) is 37.9 Å². The van der Waals surface area contributed by atoms with E-state index < -0.39 is 71.2 Å². The van der Waals surface area contributed by atoms with E-state index in [1.807, 2.05) is 0 Å². The van der Waals surface area contributed by atoms with Gasteiger partial charge in [0.2, 0.25) is 0 Å². The fraction of sp³-hybridized carbons (Fsp3) is 0.917. The highest BCUT2D eigenvalue weighted by Gasteiger charge is 2.46. The summed E-state index contributed by atoms with van der Waals surface area (Å²) in [5.41, 5.74) is 0. The summed E-state index contributed by atoms with van der Waals surface area (Å²) in [5, 5.41) is 30.9. The maximum Gasteiger partial charge on any atom is 0.306 e. The van der Waals surface area contributed by atoms with Gasteiger partial charge >= 0.3 is 11.9 Å². The van der Waals surface area contributed by atoms with Gasteiger partial charge in [-0.2, -0.15) is 8.42 Å². The summed E-state index contributed by atoms with van der Waals surface area (Å²) in [4.78, 5) is 25.5. The molecule has 0 aliphatic carbocycles. The van der Waals surface area contributed by atoms with Gasteiger partial charge in [-0.3, -0.25) is 14.1 Å². The van der Waals surface area contributed by atoms with Crippen molar-refractivity contribution in [1.82, 2.24) is 0 Å². The first-order valence-electron chi connectivity index (χ1n) is 24.7. The Labute approximate surface area is 371 Å². The van der Waals surface area contributed by atoms with Gasteiger partial charge in [0.15, 0.2) is 12.4 Å². The number of aliphatic hydroxyl groups excluding tert-OH is 3. The number of rotatable bonds is 42. The van der Waals surface area contributed by atoms with Gasteiger partial charge in [0.1, 0.15) is 36.8 Å². The van der Waals surface area contributed by atoms with Crippen molar-refractivity contribution in [3.63, 3.8) is 0 Å². The zero-order valence-electron chi connectivity index (χ0n) is 38.5. The van der Waals surface area contributed by atoms with Crippen LogP contribution in [0.15, 0.2) is 12.2 Å². The first kappa shape index (κ1) is 57.4. The van der Waals surface area contributed by atoms with E-state index in [1.165, 1.54) is 141 Å². The number of hydrogen-bond acceptors (Lipinski definition) is 11. The largest absolute Gasteiger partial charge is 0.462 e. The number of unbranched alkanes of at least 4 members (excludes halogenated alkanes) is 28. The average Bonchev–Trinajstić information content (AvgIpc) is 3.22. The molecule has 360 valence electrons. The Morgan fingerprint density at radius 2 is 0.934 bits per heavy atom. The molecule has 0 bridgehead atoms. The third-order valence-electron chi connectivity index (χ3n) is 11.6. The Morgan fingerprint density at radius 1 is 0.541 bits per heavy atom. The molecule has 1 aliphatic heterocycles. The van der Waals surface area contributed by atoms with E-state index in [-0.39, 0.29) is 19.4 Å². The van der Waals surface area contributed by atoms with Crippen LogP contribution in [0.5, 0.6) is 0 Å². The average molecular weight is 891 g/mol. The number of hydrogen-bond donors (Lipinski definition) is 4. The van der Waals surface area contributed by atoms with E-state index in [0.29, 0.717) is 12.8 Å². The normalized spacial score (nSPS) is 20.0. The Bertz CT molecular complexity index is 1180. The van der Waals surface area contributed by atoms with E-state index in [4.69, 9.17) is 18.9 Å². The molecule has 2 unspecified atom stereocenters. The molecule has 0 amide bonds. The molecular weight excluding hydrogens is 801 g/mol. The van der Waals surface area contributed by atoms with Crippen LogP contribution in [0.25, 0.3) is 0 Å². The molecular formula is C48H90O12S. The summed E-state index contributed by atoms with van der Waals surface area (Å²) < 4.78 is 54.2. The lowest BCUT2D eigenvalue weighted by molar-refractivity contribution is -0.297. The highest BCUT2D eigenvalue weighted by atomic mass is 32.2. The van der Waals surface area contributed by atoms with Crippen LogP contribution in [0.1, 0.15) is 226 Å². The van der Waals surface area contributed by atoms with Crippen molar-refractivity contribution < 1.29 is 56.8 Å². The number of carbonyl (C=O) groups excluding carboxylic acids is 2. The summed E-state index contributed by atoms with van der Waals surface area (Å²) in [6.07, 6.45) is 32.5. The fourth-order valence-corrected chi connectivity index (χ4v) is 8.42. The molecule has 1 aliphatic rings. The van der Waals surface area contributed by atoms with Gasteiger partial charge in [0.25, 0.3) is 10.1 Å². The molecule has 1 heterocycles. The van der Waals surface area contributed by atoms with Crippen molar-refractivity contribution in [1.29, 1.82) is 0 Å². The van der Waals surface area contributed by atoms with Gasteiger partial charge in [-0.15, -0.1) is 0 Å². The number of allylic oxidation sites excluding steroid dienone is 2. The molecule has 1 fully saturated rings. The van der Waals surface area contributed by atoms with Crippen molar-refractivity contribution >= 4 is 22.1 Å². The van der Waals surface area contributed by atoms with Gasteiger partial charge in [0.05, 0.1) is 6.61 Å². The minimum absolute atomic E-state index is 0.170. The minimum Gasteiger partial charge on any atom is -0.462 e. The van der Waals surface area contributed by atoms with Crippen LogP contribution in [0.3, 0.4) is 0 Å². The van der Waals surface area contributed by atoms with Crippen LogP contribution in [-0.2, 0) is 38.7 Å². The van der Waals surface area contributed by atoms with E-state index >= 15 is 0 Å². The number of aliphatic hydroxyl groups is 3. The molecule has 6 atom stereocenters. The third kappa shape index (κ3) is 33.6. The van der Waals surface area contributed by atoms with Crippen molar-refractivity contribution in [3.8, 4) is 0 Å². The highest BCUT2D eigenvalue weighted by Crippen LogP contribution is 2.24. The summed E-state index contributed by atoms with van der Waals surface area (Å²) >= 11 is 0. The molecule has 0 aromatic rings. The summed E-state index contributed by atoms with van der Waals surface area (Å²) in [5.74, 6) is -1.97. The quantitative estimate of drug-likeness (QED) is 0.0197. The molecule has 4 N–H and O–H groups in total. The molecule has 12 nitrogen and oxygen atoms in total. The monoisotopic (exact) mass is 891 g/mol. The summed E-state index contributed by atoms with van der Waals surface area (Å²) in [7, 11) is -4.60. The molecule has 0 radical (unpaired) electrons. The van der Waals surface area contributed by atoms with Gasteiger partial charge in [-0.25, -0.2) is 0 Å². The standard InChI is InChI=1S/C48H90O12S/c1-3-5-7-9-11-13-15-17-19-20-21-23-25-27-29-31-33-35-37-44(50)59-41(39-58-48-47(53)46(52)45(51)42(60-48)40-61(54,55)56)38-57-43(49)36-34-32-30-28-26-24-22-18-16-14-12-10-8-6-4-2/h14,16,41-42,45-48,51-53H,3-13,15,17-40H2,1-2H3,(H,54,55,56)/b16-14+/t41-,42-,45-,46?,47?,48+/m1/s1. The molecule has 0 spiro atoms. The molecule has 0 saturated carbocycles. The number of ether oxygens (including phenoxy) is 4. The lowest BCUT2D eigenvalue weighted by atomic mass is 10.00. The Kier molecular flexibility index (Phi) is 36.5. The van der Waals surface area contributed by atoms with E-state index in [2.05, 4.69) is 26.0 Å². The van der Waals surface area contributed by atoms with Crippen LogP contribution in [0.2, 0.25) is 0 Å². The lowest BCUT2D eigenvalue weighted by Crippen LogP contribution is -2.60. The Hall–Kier alpha value is -1.61. The summed E-state index contributed by atoms with van der Waals surface area (Å²) in [6, 6.07) is 0. The van der Waals surface area contributed by atoms with Crippen LogP contribution in [0, 0.1) is 0 Å². The van der Waals surface area contributed by atoms with Crippen LogP contribution in [0.4, 0.5) is 0 Å². The Balaban J connectivity index is 2.39. The predicted molar refractivity (Wildman–Crippen MR) is 243 cm³/mol. The van der Waals surface area contributed by atoms with Gasteiger partial charge in [0, 0.05) is 12.8 Å². The first-order valence-corrected chi connectivity index (χ1v) is 26.4. The van der Waals surface area contributed by atoms with Crippen molar-refractivity contribution in [2.75, 3.05) is 19.0 Å². The van der Waals surface area contributed by atoms with E-state index in [0.717, 1.165) is 44.9 Å². The fourth-order valence-electron chi connectivity index (χ4n) is 7.73. The topological polar surface area (TPSA) is 186 Å². The van der Waals surface area contributed by atoms with Gasteiger partial charge < -0.3 is 34.3 Å². The maximum absolute atomic E-state index is 12.8. The maximum atomic E-state index is 12.8. The second kappa shape index (κ2) is 38.8. The van der Waals surface area contributed by atoms with Crippen molar-refractivity contribution in [3.05, 3.63) is 12.2 Å². The Morgan fingerprint density at radius 3 is 1.38 bits per heavy atom. The predicted octanol–water partition coefficient (Wildman–Crippen LogP) is 10.6. The van der Waals surface area contributed by atoms with Gasteiger partial charge in [-0.1, -0.05) is 187 Å². The smallest absolute Gasteiger partial charge is 0.306 e. The second-order valence-corrected chi connectivity index (χ2v) is 19.0. The highest BCUT2D eigenvalue weighted by molar-refractivity contribution is 7.85. The van der Waals surface area contributed by atoms with Crippen molar-refractivity contribution in [2.45, 2.75) is 263 Å². The van der Waals surface area contributed by atoms with Crippen molar-refractivity contribution in [2.24, 2.45) is 0 Å². The zero-order chi connectivity index (χ0) is 44.8. The van der Waals surface area contributed by atoms with E-state index in [1.54, 1.807) is 0 Å². The van der Waals surface area contributed by atoms with Crippen LogP contribution < -0.4 is 0 Å².